The van der Waals surface area contributed by atoms with E-state index in [1.807, 2.05) is 6.07 Å². The van der Waals surface area contributed by atoms with Gasteiger partial charge >= 0.3 is 0 Å². The monoisotopic (exact) mass is 326 g/mol. The number of allylic oxidation sites excluding steroid dienone is 1. The highest BCUT2D eigenvalue weighted by atomic mass is 16.1. The Kier molecular flexibility index (Phi) is 4.56. The lowest BCUT2D eigenvalue weighted by Gasteiger charge is -2.40. The van der Waals surface area contributed by atoms with Gasteiger partial charge in [0.05, 0.1) is 0 Å². The number of benzene rings is 1. The number of nitrogens with zero attached hydrogens (tertiary/aromatic N) is 1. The fourth-order valence-corrected chi connectivity index (χ4v) is 3.99. The molecule has 1 aliphatic carbocycles. The van der Waals surface area contributed by atoms with Crippen LogP contribution in [-0.4, -0.2) is 37.5 Å². The molecule has 0 bridgehead atoms. The van der Waals surface area contributed by atoms with Crippen LogP contribution < -0.4 is 5.32 Å². The van der Waals surface area contributed by atoms with Crippen LogP contribution in [0.5, 0.6) is 0 Å². The van der Waals surface area contributed by atoms with Gasteiger partial charge in [0.15, 0.2) is 0 Å². The van der Waals surface area contributed by atoms with Crippen LogP contribution in [0.4, 0.5) is 0 Å². The largest absolute Gasteiger partial charge is 0.355 e. The summed E-state index contributed by atoms with van der Waals surface area (Å²) in [5, 5.41) is 2.80. The zero-order valence-electron chi connectivity index (χ0n) is 15.5. The number of amides is 1. The summed E-state index contributed by atoms with van der Waals surface area (Å²) in [6.07, 6.45) is 5.69. The van der Waals surface area contributed by atoms with E-state index in [0.717, 1.165) is 37.1 Å². The van der Waals surface area contributed by atoms with Crippen molar-refractivity contribution in [3.05, 3.63) is 41.5 Å². The fraction of sp³-hybridized carbons (Fsp3) is 0.571. The minimum absolute atomic E-state index is 0.0366. The Balaban J connectivity index is 1.78. The van der Waals surface area contributed by atoms with Gasteiger partial charge in [-0.2, -0.15) is 0 Å². The van der Waals surface area contributed by atoms with E-state index in [4.69, 9.17) is 0 Å². The molecule has 1 spiro atoms. The van der Waals surface area contributed by atoms with E-state index in [1.54, 1.807) is 7.05 Å². The van der Waals surface area contributed by atoms with Gasteiger partial charge in [0.1, 0.15) is 0 Å². The molecule has 1 heterocycles. The van der Waals surface area contributed by atoms with Gasteiger partial charge in [-0.15, -0.1) is 0 Å². The van der Waals surface area contributed by atoms with E-state index in [0.29, 0.717) is 5.41 Å². The second kappa shape index (κ2) is 6.36. The SMILES string of the molecule is CNC(=O)C1=CC2(CCN(CCC(C)(C)C)CC2)c2ccccc21. The van der Waals surface area contributed by atoms with Crippen molar-refractivity contribution in [1.29, 1.82) is 0 Å². The topological polar surface area (TPSA) is 32.3 Å². The van der Waals surface area contributed by atoms with E-state index in [2.05, 4.69) is 55.3 Å². The maximum atomic E-state index is 12.3. The van der Waals surface area contributed by atoms with Crippen molar-refractivity contribution in [1.82, 2.24) is 10.2 Å². The van der Waals surface area contributed by atoms with Crippen molar-refractivity contribution < 1.29 is 4.79 Å². The summed E-state index contributed by atoms with van der Waals surface area (Å²) >= 11 is 0. The molecule has 0 atom stereocenters. The highest BCUT2D eigenvalue weighted by molar-refractivity contribution is 6.21. The lowest BCUT2D eigenvalue weighted by atomic mass is 9.74. The van der Waals surface area contributed by atoms with Gasteiger partial charge in [0.2, 0.25) is 0 Å². The van der Waals surface area contributed by atoms with Crippen molar-refractivity contribution >= 4 is 11.5 Å². The molecular formula is C21H30N2O. The summed E-state index contributed by atoms with van der Waals surface area (Å²) in [6.45, 7) is 10.3. The summed E-state index contributed by atoms with van der Waals surface area (Å²) in [6, 6.07) is 8.45. The average molecular weight is 326 g/mol. The molecule has 1 fully saturated rings. The van der Waals surface area contributed by atoms with Gasteiger partial charge in [-0.3, -0.25) is 4.79 Å². The molecule has 0 aromatic heterocycles. The summed E-state index contributed by atoms with van der Waals surface area (Å²) in [7, 11) is 1.71. The third kappa shape index (κ3) is 3.27. The first kappa shape index (κ1) is 17.2. The Morgan fingerprint density at radius 2 is 1.88 bits per heavy atom. The Hall–Kier alpha value is -1.61. The molecule has 0 saturated carbocycles. The summed E-state index contributed by atoms with van der Waals surface area (Å²) in [5.41, 5.74) is 3.77. The Labute approximate surface area is 146 Å². The third-order valence-corrected chi connectivity index (χ3v) is 5.57. The number of piperidine rings is 1. The highest BCUT2D eigenvalue weighted by Crippen LogP contribution is 2.47. The molecule has 130 valence electrons. The lowest BCUT2D eigenvalue weighted by molar-refractivity contribution is -0.115. The van der Waals surface area contributed by atoms with Crippen LogP contribution in [0.2, 0.25) is 0 Å². The molecule has 0 unspecified atom stereocenters. The predicted octanol–water partition coefficient (Wildman–Crippen LogP) is 3.60. The molecule has 2 aliphatic rings. The van der Waals surface area contributed by atoms with Gasteiger partial charge in [-0.05, 0) is 55.4 Å². The molecule has 1 aliphatic heterocycles. The summed E-state index contributed by atoms with van der Waals surface area (Å²) < 4.78 is 0. The van der Waals surface area contributed by atoms with Crippen LogP contribution in [0.3, 0.4) is 0 Å². The summed E-state index contributed by atoms with van der Waals surface area (Å²) in [4.78, 5) is 14.9. The molecule has 24 heavy (non-hydrogen) atoms. The normalized spacial score (nSPS) is 19.9. The van der Waals surface area contributed by atoms with Gasteiger partial charge in [-0.1, -0.05) is 51.1 Å². The molecule has 3 heteroatoms. The van der Waals surface area contributed by atoms with Gasteiger partial charge in [0, 0.05) is 18.0 Å². The van der Waals surface area contributed by atoms with Crippen LogP contribution >= 0.6 is 0 Å². The van der Waals surface area contributed by atoms with E-state index in [-0.39, 0.29) is 11.3 Å². The first-order valence-electron chi connectivity index (χ1n) is 9.12. The number of likely N-dealkylation sites (N-methyl/N-ethyl adjacent to an activating group) is 1. The van der Waals surface area contributed by atoms with Crippen molar-refractivity contribution in [2.75, 3.05) is 26.7 Å². The Bertz CT molecular complexity index is 646. The van der Waals surface area contributed by atoms with E-state index >= 15 is 0 Å². The number of carbonyl (C=O) groups is 1. The Morgan fingerprint density at radius 1 is 1.21 bits per heavy atom. The summed E-state index contributed by atoms with van der Waals surface area (Å²) in [5.74, 6) is 0.0366. The quantitative estimate of drug-likeness (QED) is 0.920. The number of fused-ring (bicyclic) bond motifs is 2. The molecule has 1 N–H and O–H groups in total. The van der Waals surface area contributed by atoms with Crippen molar-refractivity contribution in [3.63, 3.8) is 0 Å². The molecule has 3 nitrogen and oxygen atoms in total. The van der Waals surface area contributed by atoms with Crippen molar-refractivity contribution in [2.45, 2.75) is 45.4 Å². The van der Waals surface area contributed by atoms with Gasteiger partial charge in [-0.25, -0.2) is 0 Å². The van der Waals surface area contributed by atoms with Crippen LogP contribution in [0.15, 0.2) is 30.3 Å². The number of rotatable bonds is 3. The molecule has 1 aromatic carbocycles. The maximum absolute atomic E-state index is 12.3. The van der Waals surface area contributed by atoms with E-state index in [1.165, 1.54) is 18.5 Å². The Morgan fingerprint density at radius 3 is 2.50 bits per heavy atom. The number of carbonyl (C=O) groups excluding carboxylic acids is 1. The van der Waals surface area contributed by atoms with Crippen molar-refractivity contribution in [2.24, 2.45) is 5.41 Å². The zero-order valence-corrected chi connectivity index (χ0v) is 15.5. The number of hydrogen-bond acceptors (Lipinski definition) is 2. The van der Waals surface area contributed by atoms with Crippen LogP contribution in [0.25, 0.3) is 5.57 Å². The smallest absolute Gasteiger partial charge is 0.251 e. The molecule has 0 radical (unpaired) electrons. The van der Waals surface area contributed by atoms with Crippen LogP contribution in [-0.2, 0) is 10.2 Å². The average Bonchev–Trinajstić information content (AvgIpc) is 2.88. The molecule has 1 saturated heterocycles. The standard InChI is InChI=1S/C21H30N2O/c1-20(2,3)9-12-23-13-10-21(11-14-23)15-17(19(24)22-4)16-7-5-6-8-18(16)21/h5-8,15H,9-14H2,1-4H3,(H,22,24). The highest BCUT2D eigenvalue weighted by Gasteiger charge is 2.41. The maximum Gasteiger partial charge on any atom is 0.251 e. The minimum atomic E-state index is 0.0366. The van der Waals surface area contributed by atoms with Crippen molar-refractivity contribution in [3.8, 4) is 0 Å². The first-order valence-corrected chi connectivity index (χ1v) is 9.12. The molecular weight excluding hydrogens is 296 g/mol. The van der Waals surface area contributed by atoms with Gasteiger partial charge in [0.25, 0.3) is 5.91 Å². The lowest BCUT2D eigenvalue weighted by Crippen LogP contribution is -2.42. The molecule has 1 amide bonds. The van der Waals surface area contributed by atoms with E-state index < -0.39 is 0 Å². The molecule has 3 rings (SSSR count). The second-order valence-corrected chi connectivity index (χ2v) is 8.49. The first-order chi connectivity index (χ1) is 11.3. The third-order valence-electron chi connectivity index (χ3n) is 5.57. The number of nitrogens with one attached hydrogen (secondary N) is 1. The minimum Gasteiger partial charge on any atom is -0.355 e. The van der Waals surface area contributed by atoms with E-state index in [9.17, 15) is 4.79 Å². The van der Waals surface area contributed by atoms with Gasteiger partial charge < -0.3 is 10.2 Å². The van der Waals surface area contributed by atoms with Crippen LogP contribution in [0.1, 0.15) is 51.2 Å². The fourth-order valence-electron chi connectivity index (χ4n) is 3.99. The van der Waals surface area contributed by atoms with Crippen LogP contribution in [0, 0.1) is 5.41 Å². The zero-order chi connectivity index (χ0) is 17.4. The number of likely N-dealkylation sites (tertiary alicyclic amines) is 1. The predicted molar refractivity (Wildman–Crippen MR) is 99.9 cm³/mol. The second-order valence-electron chi connectivity index (χ2n) is 8.49. The molecule has 1 aromatic rings. The number of hydrogen-bond donors (Lipinski definition) is 1.